The standard InChI is InChI=1S/C26H22N2O2/c1-17-21(22-15-20(29-2)13-14-23(22)27-17)16-24-28-25(18-9-5-3-6-10-18)26(30-24)19-11-7-4-8-12-19/h3-15,27H,16H2,1-2H3. The topological polar surface area (TPSA) is 51.0 Å². The van der Waals surface area contributed by atoms with Crippen LogP contribution < -0.4 is 4.74 Å². The van der Waals surface area contributed by atoms with Crippen molar-refractivity contribution in [1.29, 1.82) is 0 Å². The van der Waals surface area contributed by atoms with Crippen molar-refractivity contribution in [2.24, 2.45) is 0 Å². The van der Waals surface area contributed by atoms with Crippen molar-refractivity contribution in [2.45, 2.75) is 13.3 Å². The number of rotatable bonds is 5. The summed E-state index contributed by atoms with van der Waals surface area (Å²) in [5.41, 5.74) is 6.30. The van der Waals surface area contributed by atoms with E-state index in [1.54, 1.807) is 7.11 Å². The first-order valence-corrected chi connectivity index (χ1v) is 9.98. The van der Waals surface area contributed by atoms with E-state index in [1.165, 1.54) is 5.56 Å². The van der Waals surface area contributed by atoms with Gasteiger partial charge in [0.05, 0.1) is 13.5 Å². The number of oxazole rings is 1. The van der Waals surface area contributed by atoms with Crippen LogP contribution in [0.5, 0.6) is 5.75 Å². The molecule has 0 unspecified atom stereocenters. The van der Waals surface area contributed by atoms with Crippen LogP contribution in [0.4, 0.5) is 0 Å². The van der Waals surface area contributed by atoms with E-state index in [-0.39, 0.29) is 0 Å². The summed E-state index contributed by atoms with van der Waals surface area (Å²) in [4.78, 5) is 8.37. The third kappa shape index (κ3) is 3.26. The third-order valence-electron chi connectivity index (χ3n) is 5.41. The van der Waals surface area contributed by atoms with Gasteiger partial charge in [-0.25, -0.2) is 4.98 Å². The molecule has 4 heteroatoms. The second-order valence-corrected chi connectivity index (χ2v) is 7.33. The second-order valence-electron chi connectivity index (χ2n) is 7.33. The van der Waals surface area contributed by atoms with Crippen molar-refractivity contribution in [2.75, 3.05) is 7.11 Å². The summed E-state index contributed by atoms with van der Waals surface area (Å²) in [7, 11) is 1.69. The molecule has 0 bridgehead atoms. The maximum absolute atomic E-state index is 6.33. The van der Waals surface area contributed by atoms with Crippen LogP contribution in [0.3, 0.4) is 0 Å². The largest absolute Gasteiger partial charge is 0.497 e. The van der Waals surface area contributed by atoms with Gasteiger partial charge in [-0.05, 0) is 30.7 Å². The highest BCUT2D eigenvalue weighted by molar-refractivity contribution is 5.86. The van der Waals surface area contributed by atoms with Gasteiger partial charge < -0.3 is 14.1 Å². The van der Waals surface area contributed by atoms with Gasteiger partial charge in [-0.15, -0.1) is 0 Å². The number of nitrogens with zero attached hydrogens (tertiary/aromatic N) is 1. The lowest BCUT2D eigenvalue weighted by molar-refractivity contribution is 0.415. The first-order valence-electron chi connectivity index (χ1n) is 9.98. The van der Waals surface area contributed by atoms with Gasteiger partial charge in [-0.1, -0.05) is 60.7 Å². The molecule has 0 saturated heterocycles. The van der Waals surface area contributed by atoms with Crippen molar-refractivity contribution >= 4 is 10.9 Å². The number of fused-ring (bicyclic) bond motifs is 1. The number of hydrogen-bond donors (Lipinski definition) is 1. The minimum atomic E-state index is 0.603. The van der Waals surface area contributed by atoms with E-state index >= 15 is 0 Å². The number of methoxy groups -OCH3 is 1. The fourth-order valence-corrected chi connectivity index (χ4v) is 3.88. The zero-order valence-electron chi connectivity index (χ0n) is 17.0. The van der Waals surface area contributed by atoms with E-state index in [9.17, 15) is 0 Å². The molecule has 1 N–H and O–H groups in total. The third-order valence-corrected chi connectivity index (χ3v) is 5.41. The first-order chi connectivity index (χ1) is 14.7. The summed E-state index contributed by atoms with van der Waals surface area (Å²) in [6.07, 6.45) is 0.603. The molecule has 0 aliphatic rings. The summed E-state index contributed by atoms with van der Waals surface area (Å²) in [6, 6.07) is 26.4. The highest BCUT2D eigenvalue weighted by Gasteiger charge is 2.19. The SMILES string of the molecule is COc1ccc2[nH]c(C)c(Cc3nc(-c4ccccc4)c(-c4ccccc4)o3)c2c1. The van der Waals surface area contributed by atoms with Crippen LogP contribution in [0.2, 0.25) is 0 Å². The molecule has 0 aliphatic carbocycles. The van der Waals surface area contributed by atoms with Gasteiger partial charge in [-0.3, -0.25) is 0 Å². The molecule has 0 radical (unpaired) electrons. The van der Waals surface area contributed by atoms with Crippen molar-refractivity contribution in [3.63, 3.8) is 0 Å². The molecule has 0 saturated carbocycles. The number of aromatic nitrogens is 2. The predicted molar refractivity (Wildman–Crippen MR) is 120 cm³/mol. The van der Waals surface area contributed by atoms with Gasteiger partial charge in [0.1, 0.15) is 11.4 Å². The number of ether oxygens (including phenoxy) is 1. The highest BCUT2D eigenvalue weighted by Crippen LogP contribution is 2.34. The van der Waals surface area contributed by atoms with Crippen LogP contribution in [-0.2, 0) is 6.42 Å². The molecule has 0 aliphatic heterocycles. The Kier molecular flexibility index (Phi) is 4.60. The van der Waals surface area contributed by atoms with Gasteiger partial charge in [0.25, 0.3) is 0 Å². The molecule has 5 aromatic rings. The quantitative estimate of drug-likeness (QED) is 0.375. The molecule has 2 aromatic heterocycles. The number of benzene rings is 3. The van der Waals surface area contributed by atoms with Crippen molar-refractivity contribution in [3.05, 3.63) is 96.0 Å². The van der Waals surface area contributed by atoms with E-state index in [0.717, 1.165) is 44.9 Å². The smallest absolute Gasteiger partial charge is 0.200 e. The Labute approximate surface area is 175 Å². The second kappa shape index (κ2) is 7.56. The van der Waals surface area contributed by atoms with Gasteiger partial charge in [-0.2, -0.15) is 0 Å². The van der Waals surface area contributed by atoms with Crippen LogP contribution in [0.25, 0.3) is 33.5 Å². The van der Waals surface area contributed by atoms with E-state index in [1.807, 2.05) is 48.5 Å². The minimum Gasteiger partial charge on any atom is -0.497 e. The van der Waals surface area contributed by atoms with Gasteiger partial charge >= 0.3 is 0 Å². The predicted octanol–water partition coefficient (Wildman–Crippen LogP) is 6.40. The lowest BCUT2D eigenvalue weighted by atomic mass is 10.1. The highest BCUT2D eigenvalue weighted by atomic mass is 16.5. The van der Waals surface area contributed by atoms with Gasteiger partial charge in [0, 0.05) is 27.7 Å². The maximum atomic E-state index is 6.33. The molecular formula is C26H22N2O2. The Hall–Kier alpha value is -3.79. The summed E-state index contributed by atoms with van der Waals surface area (Å²) >= 11 is 0. The molecule has 0 amide bonds. The van der Waals surface area contributed by atoms with Crippen LogP contribution in [0, 0.1) is 6.92 Å². The molecule has 0 atom stereocenters. The van der Waals surface area contributed by atoms with Crippen LogP contribution in [-0.4, -0.2) is 17.1 Å². The maximum Gasteiger partial charge on any atom is 0.200 e. The van der Waals surface area contributed by atoms with Crippen molar-refractivity contribution in [1.82, 2.24) is 9.97 Å². The Bertz CT molecular complexity index is 1240. The van der Waals surface area contributed by atoms with E-state index in [0.29, 0.717) is 12.3 Å². The van der Waals surface area contributed by atoms with Crippen LogP contribution in [0.1, 0.15) is 17.1 Å². The fraction of sp³-hybridized carbons (Fsp3) is 0.115. The Morgan fingerprint density at radius 1 is 0.900 bits per heavy atom. The lowest BCUT2D eigenvalue weighted by Gasteiger charge is -2.01. The molecule has 148 valence electrons. The molecular weight excluding hydrogens is 372 g/mol. The number of H-pyrrole nitrogens is 1. The lowest BCUT2D eigenvalue weighted by Crippen LogP contribution is -1.91. The Morgan fingerprint density at radius 2 is 1.60 bits per heavy atom. The van der Waals surface area contributed by atoms with Crippen molar-refractivity contribution < 1.29 is 9.15 Å². The molecule has 0 fully saturated rings. The summed E-state index contributed by atoms with van der Waals surface area (Å²) < 4.78 is 11.8. The monoisotopic (exact) mass is 394 g/mol. The van der Waals surface area contributed by atoms with Crippen molar-refractivity contribution in [3.8, 4) is 28.3 Å². The number of hydrogen-bond acceptors (Lipinski definition) is 3. The summed E-state index contributed by atoms with van der Waals surface area (Å²) in [5.74, 6) is 2.33. The van der Waals surface area contributed by atoms with E-state index in [2.05, 4.69) is 42.2 Å². The average molecular weight is 394 g/mol. The van der Waals surface area contributed by atoms with E-state index in [4.69, 9.17) is 14.1 Å². The molecule has 5 rings (SSSR count). The zero-order valence-corrected chi connectivity index (χ0v) is 17.0. The molecule has 3 aromatic carbocycles. The molecule has 0 spiro atoms. The average Bonchev–Trinajstić information content (AvgIpc) is 3.36. The van der Waals surface area contributed by atoms with E-state index < -0.39 is 0 Å². The number of aryl methyl sites for hydroxylation is 1. The fourth-order valence-electron chi connectivity index (χ4n) is 3.88. The van der Waals surface area contributed by atoms with Gasteiger partial charge in [0.15, 0.2) is 11.7 Å². The number of nitrogens with one attached hydrogen (secondary N) is 1. The minimum absolute atomic E-state index is 0.603. The van der Waals surface area contributed by atoms with Crippen LogP contribution >= 0.6 is 0 Å². The first kappa shape index (κ1) is 18.3. The van der Waals surface area contributed by atoms with Crippen LogP contribution in [0.15, 0.2) is 83.3 Å². The zero-order chi connectivity index (χ0) is 20.5. The molecule has 30 heavy (non-hydrogen) atoms. The molecule has 4 nitrogen and oxygen atoms in total. The summed E-state index contributed by atoms with van der Waals surface area (Å²) in [6.45, 7) is 2.08. The van der Waals surface area contributed by atoms with Gasteiger partial charge in [0.2, 0.25) is 0 Å². The summed E-state index contributed by atoms with van der Waals surface area (Å²) in [5, 5.41) is 1.13. The normalized spacial score (nSPS) is 11.1. The molecule has 2 heterocycles. The Balaban J connectivity index is 1.62. The Morgan fingerprint density at radius 3 is 2.30 bits per heavy atom. The number of aromatic amines is 1.